The van der Waals surface area contributed by atoms with E-state index in [9.17, 15) is 8.78 Å². The molecular formula is C14H14F2N6O. The zero-order valence-corrected chi connectivity index (χ0v) is 12.5. The van der Waals surface area contributed by atoms with Gasteiger partial charge in [0.1, 0.15) is 0 Å². The summed E-state index contributed by atoms with van der Waals surface area (Å²) in [4.78, 5) is 8.69. The second kappa shape index (κ2) is 4.79. The number of hydrogen-bond donors (Lipinski definition) is 1. The van der Waals surface area contributed by atoms with E-state index in [0.717, 1.165) is 11.4 Å². The van der Waals surface area contributed by atoms with Crippen LogP contribution in [0.25, 0.3) is 17.0 Å². The topological polar surface area (TPSA) is 81.1 Å². The largest absolute Gasteiger partial charge is 0.337 e. The summed E-state index contributed by atoms with van der Waals surface area (Å²) in [5.74, 6) is -2.30. The van der Waals surface area contributed by atoms with Gasteiger partial charge in [-0.25, -0.2) is 18.3 Å². The number of fused-ring (bicyclic) bond motifs is 1. The molecule has 9 heteroatoms. The minimum absolute atomic E-state index is 0.154. The lowest BCUT2D eigenvalue weighted by Gasteiger charge is -2.04. The molecule has 1 atom stereocenters. The maximum absolute atomic E-state index is 13.3. The van der Waals surface area contributed by atoms with Crippen molar-refractivity contribution in [2.45, 2.75) is 32.2 Å². The first-order chi connectivity index (χ1) is 10.9. The molecule has 1 fully saturated rings. The lowest BCUT2D eigenvalue weighted by molar-refractivity contribution is 0.0200. The predicted octanol–water partition coefficient (Wildman–Crippen LogP) is 2.07. The monoisotopic (exact) mass is 320 g/mol. The van der Waals surface area contributed by atoms with Crippen molar-refractivity contribution in [2.24, 2.45) is 0 Å². The van der Waals surface area contributed by atoms with E-state index in [0.29, 0.717) is 17.0 Å². The van der Waals surface area contributed by atoms with Crippen molar-refractivity contribution in [1.82, 2.24) is 30.1 Å². The van der Waals surface area contributed by atoms with Crippen LogP contribution in [0.1, 0.15) is 29.7 Å². The minimum Gasteiger partial charge on any atom is -0.337 e. The Morgan fingerprint density at radius 1 is 1.35 bits per heavy atom. The van der Waals surface area contributed by atoms with Crippen molar-refractivity contribution in [1.29, 1.82) is 0 Å². The molecular weight excluding hydrogens is 306 g/mol. The number of aromatic nitrogens is 5. The number of hydrogen-bond acceptors (Lipinski definition) is 6. The van der Waals surface area contributed by atoms with Gasteiger partial charge in [-0.2, -0.15) is 10.1 Å². The van der Waals surface area contributed by atoms with E-state index in [4.69, 9.17) is 4.52 Å². The predicted molar refractivity (Wildman–Crippen MR) is 76.1 cm³/mol. The quantitative estimate of drug-likeness (QED) is 0.778. The van der Waals surface area contributed by atoms with Crippen LogP contribution in [0, 0.1) is 13.8 Å². The van der Waals surface area contributed by atoms with E-state index in [1.165, 1.54) is 0 Å². The molecule has 0 spiro atoms. The molecule has 0 radical (unpaired) electrons. The average molecular weight is 320 g/mol. The molecule has 0 bridgehead atoms. The summed E-state index contributed by atoms with van der Waals surface area (Å²) in [7, 11) is 0. The van der Waals surface area contributed by atoms with Crippen molar-refractivity contribution in [3.8, 4) is 11.4 Å². The van der Waals surface area contributed by atoms with Crippen molar-refractivity contribution in [3.63, 3.8) is 0 Å². The second-order valence-electron chi connectivity index (χ2n) is 5.78. The third kappa shape index (κ3) is 2.37. The van der Waals surface area contributed by atoms with Crippen LogP contribution in [0.5, 0.6) is 0 Å². The standard InChI is InChI=1S/C14H14F2N6O/c1-7-3-8(2)22-12(19-7)9(5-18-22)11-20-13(23-21-11)10-4-14(15,16)6-17-10/h3,5,10,17H,4,6H2,1-2H3. The first-order valence-corrected chi connectivity index (χ1v) is 7.20. The molecule has 0 amide bonds. The first-order valence-electron chi connectivity index (χ1n) is 7.20. The fourth-order valence-electron chi connectivity index (χ4n) is 2.80. The van der Waals surface area contributed by atoms with Crippen molar-refractivity contribution < 1.29 is 13.3 Å². The maximum Gasteiger partial charge on any atom is 0.262 e. The number of rotatable bonds is 2. The summed E-state index contributed by atoms with van der Waals surface area (Å²) >= 11 is 0. The highest BCUT2D eigenvalue weighted by atomic mass is 19.3. The number of nitrogens with one attached hydrogen (secondary N) is 1. The summed E-state index contributed by atoms with van der Waals surface area (Å²) < 4.78 is 33.4. The Bertz CT molecular complexity index is 887. The molecule has 0 saturated carbocycles. The highest BCUT2D eigenvalue weighted by molar-refractivity contribution is 5.72. The third-order valence-corrected chi connectivity index (χ3v) is 3.87. The first kappa shape index (κ1) is 14.2. The van der Waals surface area contributed by atoms with Crippen LogP contribution < -0.4 is 5.32 Å². The van der Waals surface area contributed by atoms with E-state index in [1.807, 2.05) is 19.9 Å². The maximum atomic E-state index is 13.3. The summed E-state index contributed by atoms with van der Waals surface area (Å²) in [6.45, 7) is 3.42. The molecule has 1 unspecified atom stereocenters. The molecule has 120 valence electrons. The summed E-state index contributed by atoms with van der Waals surface area (Å²) in [5.41, 5.74) is 2.99. The van der Waals surface area contributed by atoms with E-state index in [1.54, 1.807) is 10.7 Å². The minimum atomic E-state index is -2.75. The lowest BCUT2D eigenvalue weighted by atomic mass is 10.2. The van der Waals surface area contributed by atoms with Crippen LogP contribution in [0.15, 0.2) is 16.8 Å². The fourth-order valence-corrected chi connectivity index (χ4v) is 2.80. The van der Waals surface area contributed by atoms with Gasteiger partial charge in [-0.15, -0.1) is 0 Å². The molecule has 3 aromatic rings. The zero-order valence-electron chi connectivity index (χ0n) is 12.5. The van der Waals surface area contributed by atoms with Crippen LogP contribution >= 0.6 is 0 Å². The molecule has 23 heavy (non-hydrogen) atoms. The SMILES string of the molecule is Cc1cc(C)n2ncc(-c3noc(C4CC(F)(F)CN4)n3)c2n1. The molecule has 7 nitrogen and oxygen atoms in total. The molecule has 0 aliphatic carbocycles. The van der Waals surface area contributed by atoms with E-state index < -0.39 is 12.0 Å². The molecule has 1 aliphatic heterocycles. The number of alkyl halides is 2. The Morgan fingerprint density at radius 2 is 2.17 bits per heavy atom. The molecule has 1 saturated heterocycles. The Balaban J connectivity index is 1.73. The van der Waals surface area contributed by atoms with Gasteiger partial charge in [-0.3, -0.25) is 5.32 Å². The number of aryl methyl sites for hydroxylation is 2. The van der Waals surface area contributed by atoms with Gasteiger partial charge in [0, 0.05) is 17.8 Å². The van der Waals surface area contributed by atoms with Gasteiger partial charge in [0.25, 0.3) is 5.92 Å². The Hall–Kier alpha value is -2.42. The van der Waals surface area contributed by atoms with Crippen molar-refractivity contribution >= 4 is 5.65 Å². The summed E-state index contributed by atoms with van der Waals surface area (Å²) in [5, 5.41) is 10.9. The van der Waals surface area contributed by atoms with Gasteiger partial charge in [0.2, 0.25) is 11.7 Å². The summed E-state index contributed by atoms with van der Waals surface area (Å²) in [6, 6.07) is 1.28. The molecule has 1 aliphatic rings. The van der Waals surface area contributed by atoms with Crippen molar-refractivity contribution in [3.05, 3.63) is 29.5 Å². The molecule has 4 heterocycles. The Morgan fingerprint density at radius 3 is 2.91 bits per heavy atom. The van der Waals surface area contributed by atoms with Crippen molar-refractivity contribution in [2.75, 3.05) is 6.54 Å². The Labute approximate surface area is 129 Å². The third-order valence-electron chi connectivity index (χ3n) is 3.87. The second-order valence-corrected chi connectivity index (χ2v) is 5.78. The van der Waals surface area contributed by atoms with E-state index in [2.05, 4.69) is 25.5 Å². The van der Waals surface area contributed by atoms with Crippen LogP contribution in [-0.2, 0) is 0 Å². The molecule has 0 aromatic carbocycles. The van der Waals surface area contributed by atoms with Crippen LogP contribution in [0.3, 0.4) is 0 Å². The zero-order chi connectivity index (χ0) is 16.2. The number of halogens is 2. The van der Waals surface area contributed by atoms with Gasteiger partial charge in [-0.05, 0) is 19.9 Å². The van der Waals surface area contributed by atoms with Crippen LogP contribution in [-0.4, -0.2) is 37.2 Å². The fraction of sp³-hybridized carbons (Fsp3) is 0.429. The molecule has 1 N–H and O–H groups in total. The van der Waals surface area contributed by atoms with Gasteiger partial charge < -0.3 is 4.52 Å². The Kier molecular flexibility index (Phi) is 2.95. The molecule has 3 aromatic heterocycles. The smallest absolute Gasteiger partial charge is 0.262 e. The lowest BCUT2D eigenvalue weighted by Crippen LogP contribution is -2.19. The normalized spacial score (nSPS) is 20.4. The average Bonchev–Trinajstić information content (AvgIpc) is 3.15. The van der Waals surface area contributed by atoms with E-state index >= 15 is 0 Å². The molecule has 4 rings (SSSR count). The van der Waals surface area contributed by atoms with Gasteiger partial charge >= 0.3 is 0 Å². The van der Waals surface area contributed by atoms with Gasteiger partial charge in [0.05, 0.1) is 24.3 Å². The van der Waals surface area contributed by atoms with Gasteiger partial charge in [-0.1, -0.05) is 5.16 Å². The van der Waals surface area contributed by atoms with Gasteiger partial charge in [0.15, 0.2) is 5.65 Å². The highest BCUT2D eigenvalue weighted by Crippen LogP contribution is 2.34. The van der Waals surface area contributed by atoms with E-state index in [-0.39, 0.29) is 18.9 Å². The summed E-state index contributed by atoms with van der Waals surface area (Å²) in [6.07, 6.45) is 1.25. The number of nitrogens with zero attached hydrogens (tertiary/aromatic N) is 5. The highest BCUT2D eigenvalue weighted by Gasteiger charge is 2.42. The van der Waals surface area contributed by atoms with Crippen LogP contribution in [0.2, 0.25) is 0 Å². The van der Waals surface area contributed by atoms with Crippen LogP contribution in [0.4, 0.5) is 8.78 Å².